The van der Waals surface area contributed by atoms with Crippen LogP contribution in [0.4, 0.5) is 0 Å². The Bertz CT molecular complexity index is 573. The van der Waals surface area contributed by atoms with Gasteiger partial charge in [-0.2, -0.15) is 0 Å². The Morgan fingerprint density at radius 3 is 2.94 bits per heavy atom. The second-order valence-corrected chi connectivity index (χ2v) is 5.19. The fraction of sp³-hybridized carbons (Fsp3) is 0.167. The number of halogens is 2. The van der Waals surface area contributed by atoms with E-state index in [1.807, 2.05) is 24.3 Å². The van der Waals surface area contributed by atoms with E-state index in [1.165, 1.54) is 0 Å². The van der Waals surface area contributed by atoms with Crippen molar-refractivity contribution in [3.63, 3.8) is 0 Å². The third-order valence-electron chi connectivity index (χ3n) is 2.51. The van der Waals surface area contributed by atoms with Gasteiger partial charge in [0.15, 0.2) is 0 Å². The number of alkyl halides is 1. The highest BCUT2D eigenvalue weighted by Gasteiger charge is 2.14. The molecule has 0 saturated carbocycles. The Morgan fingerprint density at radius 2 is 2.24 bits per heavy atom. The van der Waals surface area contributed by atoms with Crippen LogP contribution in [-0.4, -0.2) is 15.7 Å². The van der Waals surface area contributed by atoms with Gasteiger partial charge >= 0.3 is 0 Å². The van der Waals surface area contributed by atoms with Crippen LogP contribution < -0.4 is 5.73 Å². The number of nitrogens with zero attached hydrogens (tertiary/aromatic N) is 1. The van der Waals surface area contributed by atoms with Crippen molar-refractivity contribution >= 4 is 44.3 Å². The van der Waals surface area contributed by atoms with Crippen LogP contribution in [0.1, 0.15) is 5.56 Å². The summed E-state index contributed by atoms with van der Waals surface area (Å²) in [5.74, 6) is -0.385. The van der Waals surface area contributed by atoms with Crippen molar-refractivity contribution in [3.05, 3.63) is 41.0 Å². The van der Waals surface area contributed by atoms with Crippen molar-refractivity contribution < 1.29 is 4.79 Å². The summed E-state index contributed by atoms with van der Waals surface area (Å²) in [5, 5.41) is 1.54. The first-order chi connectivity index (χ1) is 8.09. The first-order valence-corrected chi connectivity index (χ1v) is 6.34. The molecule has 2 rings (SSSR count). The highest BCUT2D eigenvalue weighted by molar-refractivity contribution is 9.10. The number of hydrogen-bond acceptors (Lipinski definition) is 2. The summed E-state index contributed by atoms with van der Waals surface area (Å²) in [5.41, 5.74) is 6.99. The third kappa shape index (κ3) is 2.58. The van der Waals surface area contributed by atoms with Crippen LogP contribution in [0, 0.1) is 0 Å². The number of hydrogen-bond donors (Lipinski definition) is 1. The number of fused-ring (bicyclic) bond motifs is 1. The molecule has 0 bridgehead atoms. The number of carbonyl (C=O) groups excluding carboxylic acids is 1. The second kappa shape index (κ2) is 5.02. The van der Waals surface area contributed by atoms with E-state index in [0.717, 1.165) is 16.5 Å². The molecule has 3 nitrogen and oxygen atoms in total. The molecule has 17 heavy (non-hydrogen) atoms. The van der Waals surface area contributed by atoms with E-state index >= 15 is 0 Å². The van der Waals surface area contributed by atoms with Gasteiger partial charge in [0.05, 0.1) is 10.3 Å². The number of benzene rings is 1. The van der Waals surface area contributed by atoms with Gasteiger partial charge in [0.25, 0.3) is 0 Å². The van der Waals surface area contributed by atoms with E-state index in [2.05, 4.69) is 20.9 Å². The lowest BCUT2D eigenvalue weighted by molar-refractivity contribution is -0.117. The number of pyridine rings is 1. The van der Waals surface area contributed by atoms with Crippen molar-refractivity contribution in [2.45, 2.75) is 11.2 Å². The first-order valence-electron chi connectivity index (χ1n) is 5.05. The molecule has 1 amide bonds. The topological polar surface area (TPSA) is 56.0 Å². The summed E-state index contributed by atoms with van der Waals surface area (Å²) in [4.78, 5) is 14.9. The highest BCUT2D eigenvalue weighted by Crippen LogP contribution is 2.26. The van der Waals surface area contributed by atoms with E-state index in [-0.39, 0.29) is 5.91 Å². The normalized spacial score (nSPS) is 12.6. The predicted octanol–water partition coefficient (Wildman–Crippen LogP) is 2.68. The molecule has 0 aliphatic heterocycles. The SMILES string of the molecule is NC(=O)C(Br)Cc1ccc(Cl)c2cccnc12. The van der Waals surface area contributed by atoms with E-state index < -0.39 is 4.83 Å². The minimum atomic E-state index is -0.395. The van der Waals surface area contributed by atoms with E-state index in [4.69, 9.17) is 17.3 Å². The van der Waals surface area contributed by atoms with Gasteiger partial charge in [-0.05, 0) is 30.2 Å². The molecule has 1 atom stereocenters. The number of aromatic nitrogens is 1. The fourth-order valence-electron chi connectivity index (χ4n) is 1.65. The van der Waals surface area contributed by atoms with Crippen LogP contribution in [0.3, 0.4) is 0 Å². The molecule has 2 N–H and O–H groups in total. The fourth-order valence-corrected chi connectivity index (χ4v) is 2.22. The smallest absolute Gasteiger partial charge is 0.231 e. The number of nitrogens with two attached hydrogens (primary N) is 1. The lowest BCUT2D eigenvalue weighted by Gasteiger charge is -2.09. The lowest BCUT2D eigenvalue weighted by atomic mass is 10.1. The Morgan fingerprint density at radius 1 is 1.47 bits per heavy atom. The molecule has 0 radical (unpaired) electrons. The maximum Gasteiger partial charge on any atom is 0.231 e. The zero-order chi connectivity index (χ0) is 12.4. The number of rotatable bonds is 3. The molecular formula is C12H10BrClN2O. The van der Waals surface area contributed by atoms with Gasteiger partial charge in [-0.25, -0.2) is 0 Å². The Kier molecular flexibility index (Phi) is 3.64. The summed E-state index contributed by atoms with van der Waals surface area (Å²) in [6.45, 7) is 0. The summed E-state index contributed by atoms with van der Waals surface area (Å²) in [6.07, 6.45) is 2.20. The first kappa shape index (κ1) is 12.3. The van der Waals surface area contributed by atoms with Crippen LogP contribution >= 0.6 is 27.5 Å². The molecular weight excluding hydrogens is 304 g/mol. The van der Waals surface area contributed by atoms with E-state index in [1.54, 1.807) is 6.20 Å². The average Bonchev–Trinajstić information content (AvgIpc) is 2.33. The molecule has 1 unspecified atom stereocenters. The molecule has 0 saturated heterocycles. The third-order valence-corrected chi connectivity index (χ3v) is 3.61. The van der Waals surface area contributed by atoms with Crippen LogP contribution in [0.2, 0.25) is 5.02 Å². The van der Waals surface area contributed by atoms with Crippen molar-refractivity contribution in [2.24, 2.45) is 5.73 Å². The van der Waals surface area contributed by atoms with Gasteiger partial charge in [0, 0.05) is 16.6 Å². The van der Waals surface area contributed by atoms with Crippen LogP contribution in [0.15, 0.2) is 30.5 Å². The van der Waals surface area contributed by atoms with Gasteiger partial charge in [-0.1, -0.05) is 33.6 Å². The van der Waals surface area contributed by atoms with Crippen LogP contribution in [0.5, 0.6) is 0 Å². The summed E-state index contributed by atoms with van der Waals surface area (Å²) < 4.78 is 0. The highest BCUT2D eigenvalue weighted by atomic mass is 79.9. The quantitative estimate of drug-likeness (QED) is 0.886. The average molecular weight is 314 g/mol. The van der Waals surface area contributed by atoms with Gasteiger partial charge < -0.3 is 5.73 Å². The second-order valence-electron chi connectivity index (χ2n) is 3.68. The molecule has 1 aromatic heterocycles. The van der Waals surface area contributed by atoms with Gasteiger partial charge in [0.1, 0.15) is 0 Å². The minimum Gasteiger partial charge on any atom is -0.369 e. The number of amides is 1. The maximum atomic E-state index is 11.0. The molecule has 0 fully saturated rings. The Labute approximate surface area is 112 Å². The molecule has 0 aliphatic carbocycles. The van der Waals surface area contributed by atoms with Crippen molar-refractivity contribution in [3.8, 4) is 0 Å². The molecule has 1 heterocycles. The van der Waals surface area contributed by atoms with Crippen molar-refractivity contribution in [1.82, 2.24) is 4.98 Å². The van der Waals surface area contributed by atoms with Crippen molar-refractivity contribution in [2.75, 3.05) is 0 Å². The zero-order valence-corrected chi connectivity index (χ0v) is 11.2. The van der Waals surface area contributed by atoms with Gasteiger partial charge in [-0.15, -0.1) is 0 Å². The Hall–Kier alpha value is -1.13. The summed E-state index contributed by atoms with van der Waals surface area (Å²) >= 11 is 9.33. The minimum absolute atomic E-state index is 0.385. The molecule has 5 heteroatoms. The van der Waals surface area contributed by atoms with Crippen LogP contribution in [0.25, 0.3) is 10.9 Å². The van der Waals surface area contributed by atoms with Gasteiger partial charge in [0.2, 0.25) is 5.91 Å². The van der Waals surface area contributed by atoms with Crippen molar-refractivity contribution in [1.29, 1.82) is 0 Å². The molecule has 1 aromatic carbocycles. The predicted molar refractivity (Wildman–Crippen MR) is 72.4 cm³/mol. The van der Waals surface area contributed by atoms with Crippen LogP contribution in [-0.2, 0) is 11.2 Å². The zero-order valence-electron chi connectivity index (χ0n) is 8.86. The molecule has 2 aromatic rings. The number of carbonyl (C=O) groups is 1. The van der Waals surface area contributed by atoms with E-state index in [9.17, 15) is 4.79 Å². The van der Waals surface area contributed by atoms with Gasteiger partial charge in [-0.3, -0.25) is 9.78 Å². The summed E-state index contributed by atoms with van der Waals surface area (Å²) in [7, 11) is 0. The summed E-state index contributed by atoms with van der Waals surface area (Å²) in [6, 6.07) is 7.41. The Balaban J connectivity index is 2.48. The monoisotopic (exact) mass is 312 g/mol. The lowest BCUT2D eigenvalue weighted by Crippen LogP contribution is -2.25. The maximum absolute atomic E-state index is 11.0. The molecule has 0 aliphatic rings. The molecule has 0 spiro atoms. The standard InChI is InChI=1S/C12H10BrClN2O/c13-9(12(15)17)6-7-3-4-10(14)8-2-1-5-16-11(7)8/h1-5,9H,6H2,(H2,15,17). The number of primary amides is 1. The largest absolute Gasteiger partial charge is 0.369 e. The van der Waals surface area contributed by atoms with E-state index in [0.29, 0.717) is 11.4 Å². The molecule has 88 valence electrons.